The predicted molar refractivity (Wildman–Crippen MR) is 92.1 cm³/mol. The van der Waals surface area contributed by atoms with Gasteiger partial charge in [0.2, 0.25) is 0 Å². The Morgan fingerprint density at radius 2 is 1.57 bits per heavy atom. The van der Waals surface area contributed by atoms with Crippen LogP contribution >= 0.6 is 0 Å². The Hall–Kier alpha value is -2.90. The van der Waals surface area contributed by atoms with Gasteiger partial charge in [-0.2, -0.15) is 0 Å². The first-order valence-corrected chi connectivity index (χ1v) is 10.2. The molecule has 1 N–H and O–H groups in total. The number of carbonyl (C=O) groups excluding carboxylic acids is 4. The number of hydrogen-bond donors (Lipinski definition) is 1. The van der Waals surface area contributed by atoms with Crippen molar-refractivity contribution in [3.8, 4) is 0 Å². The molecule has 0 saturated carbocycles. The Morgan fingerprint density at radius 1 is 0.900 bits per heavy atom. The van der Waals surface area contributed by atoms with Gasteiger partial charge in [-0.1, -0.05) is 0 Å². The molecule has 2 amide bonds. The average Bonchev–Trinajstić information content (AvgIpc) is 3.26. The normalized spacial score (nSPS) is 23.9. The van der Waals surface area contributed by atoms with Crippen LogP contribution in [0.3, 0.4) is 0 Å². The number of carbonyl (C=O) groups is 4. The fraction of sp³-hybridized carbons (Fsp3) is 0.111. The molecule has 1 atom stereocenters. The third-order valence-electron chi connectivity index (χ3n) is 5.89. The number of Topliss-reactive ketones (excluding diaryl/α,β-unsaturated/α-hetero) is 2. The molecule has 1 spiro atoms. The summed E-state index contributed by atoms with van der Waals surface area (Å²) < 4.78 is 3.30. The standard InChI is InChI=1S/C18H9N5O6.Ce/c24-12-7-3-1-2-4-8(7)13(25)11-10(12)9-5-21-16(28)19-17(29)22(21)6-18(9)20-14(26)15(27)23(11)18;/h1-5H,6H2,(H2,19,20,26,28,29);/q;+1/p-1. The van der Waals surface area contributed by atoms with Gasteiger partial charge < -0.3 is 0 Å². The molecule has 1 aliphatic carbocycles. The van der Waals surface area contributed by atoms with Gasteiger partial charge in [0.15, 0.2) is 0 Å². The first kappa shape index (κ1) is 17.9. The van der Waals surface area contributed by atoms with Crippen molar-refractivity contribution in [2.75, 3.05) is 0 Å². The number of fused-ring (bicyclic) bond motifs is 4. The van der Waals surface area contributed by atoms with E-state index in [0.29, 0.717) is 0 Å². The summed E-state index contributed by atoms with van der Waals surface area (Å²) in [5.74, 6) is -2.80. The van der Waals surface area contributed by atoms with E-state index >= 15 is 0 Å². The summed E-state index contributed by atoms with van der Waals surface area (Å²) in [6, 6.07) is 6.23. The van der Waals surface area contributed by atoms with Gasteiger partial charge in [0, 0.05) is 0 Å². The molecule has 145 valence electrons. The number of H-pyrrole nitrogens is 1. The van der Waals surface area contributed by atoms with Crippen LogP contribution in [0.4, 0.5) is 0 Å². The predicted octanol–water partition coefficient (Wildman–Crippen LogP) is -1.63. The second kappa shape index (κ2) is 5.41. The van der Waals surface area contributed by atoms with Gasteiger partial charge >= 0.3 is 194 Å². The van der Waals surface area contributed by atoms with Crippen LogP contribution in [-0.2, 0) is 16.1 Å². The van der Waals surface area contributed by atoms with Gasteiger partial charge in [-0.05, 0) is 0 Å². The Kier molecular flexibility index (Phi) is 3.23. The van der Waals surface area contributed by atoms with Gasteiger partial charge in [-0.25, -0.2) is 0 Å². The molecule has 1 aromatic carbocycles. The molecule has 11 nitrogen and oxygen atoms in total. The number of hydrogen-bond acceptors (Lipinski definition) is 6. The number of allylic oxidation sites excluding steroid dienone is 1. The Balaban J connectivity index is 1.74. The molecule has 1 unspecified atom stereocenters. The van der Waals surface area contributed by atoms with E-state index in [1.165, 1.54) is 19.2 Å². The van der Waals surface area contributed by atoms with Crippen molar-refractivity contribution in [3.63, 3.8) is 0 Å². The van der Waals surface area contributed by atoms with E-state index in [1.54, 1.807) is 12.1 Å². The molecular formula is C18H8CeN5O6. The van der Waals surface area contributed by atoms with Crippen LogP contribution in [0.25, 0.3) is 6.20 Å². The third-order valence-corrected chi connectivity index (χ3v) is 7.69. The van der Waals surface area contributed by atoms with Crippen molar-refractivity contribution >= 4 is 29.6 Å². The van der Waals surface area contributed by atoms with E-state index < -0.39 is 40.4 Å². The number of aromatic amines is 1. The van der Waals surface area contributed by atoms with Crippen LogP contribution in [0, 0.1) is 40.0 Å². The van der Waals surface area contributed by atoms with Crippen molar-refractivity contribution in [3.05, 3.63) is 73.2 Å². The minimum atomic E-state index is -1.53. The second-order valence-corrected chi connectivity index (χ2v) is 8.61. The van der Waals surface area contributed by atoms with Crippen molar-refractivity contribution in [1.82, 2.24) is 20.1 Å². The number of amides is 2. The van der Waals surface area contributed by atoms with Gasteiger partial charge in [0.1, 0.15) is 0 Å². The van der Waals surface area contributed by atoms with Crippen molar-refractivity contribution in [2.24, 2.45) is 0 Å². The molecule has 2 aromatic rings. The minimum absolute atomic E-state index is 0.0211. The van der Waals surface area contributed by atoms with Gasteiger partial charge in [-0.15, -0.1) is 0 Å². The van der Waals surface area contributed by atoms with Crippen LogP contribution in [0.15, 0.2) is 50.7 Å². The quantitative estimate of drug-likeness (QED) is 0.407. The molecular weight excluding hydrogens is 522 g/mol. The molecule has 0 radical (unpaired) electrons. The summed E-state index contributed by atoms with van der Waals surface area (Å²) in [4.78, 5) is 79.9. The summed E-state index contributed by atoms with van der Waals surface area (Å²) in [5, 5.41) is 0. The van der Waals surface area contributed by atoms with Crippen LogP contribution < -0.4 is 11.4 Å². The van der Waals surface area contributed by atoms with Crippen molar-refractivity contribution in [2.45, 2.75) is 12.2 Å². The summed E-state index contributed by atoms with van der Waals surface area (Å²) >= 11 is 0.0777. The number of benzene rings is 1. The maximum atomic E-state index is 13.4. The monoisotopic (exact) mass is 530 g/mol. The van der Waals surface area contributed by atoms with E-state index in [9.17, 15) is 28.8 Å². The zero-order chi connectivity index (χ0) is 21.1. The molecule has 6 rings (SSSR count). The number of aromatic nitrogens is 3. The van der Waals surface area contributed by atoms with Crippen molar-refractivity contribution < 1.29 is 59.2 Å². The van der Waals surface area contributed by atoms with Gasteiger partial charge in [0.25, 0.3) is 0 Å². The van der Waals surface area contributed by atoms with E-state index in [2.05, 4.69) is 4.98 Å². The Labute approximate surface area is 193 Å². The second-order valence-electron chi connectivity index (χ2n) is 7.21. The Bertz CT molecular complexity index is 1470. The molecule has 1 saturated heterocycles. The summed E-state index contributed by atoms with van der Waals surface area (Å²) in [6.07, 6.45) is 1.26. The maximum absolute atomic E-state index is 13.4. The summed E-state index contributed by atoms with van der Waals surface area (Å²) in [5.41, 5.74) is -2.69. The van der Waals surface area contributed by atoms with Crippen molar-refractivity contribution in [1.29, 1.82) is 0 Å². The summed E-state index contributed by atoms with van der Waals surface area (Å²) in [6.45, 7) is -0.276. The fourth-order valence-electron chi connectivity index (χ4n) is 4.60. The molecule has 1 aromatic heterocycles. The molecule has 12 heteroatoms. The number of nitrogens with zero attached hydrogens (tertiary/aromatic N) is 4. The summed E-state index contributed by atoms with van der Waals surface area (Å²) in [7, 11) is 0. The van der Waals surface area contributed by atoms with E-state index in [0.717, 1.165) is 14.3 Å². The number of rotatable bonds is 0. The molecule has 3 aliphatic heterocycles. The SMILES string of the molecule is O=C1C2=C(C(=O)c3ccccc31)N1C(=O)C(=O)[N]([Ce])C13Cn1c(=O)[nH]c(=O)n1C=C23. The first-order valence-electron chi connectivity index (χ1n) is 8.76. The molecule has 4 heterocycles. The van der Waals surface area contributed by atoms with Crippen LogP contribution in [0.1, 0.15) is 20.7 Å². The van der Waals surface area contributed by atoms with Gasteiger partial charge in [0.05, 0.1) is 0 Å². The van der Waals surface area contributed by atoms with Crippen LogP contribution in [-0.4, -0.2) is 49.2 Å². The molecule has 4 aliphatic rings. The zero-order valence-corrected chi connectivity index (χ0v) is 18.0. The average molecular weight is 530 g/mol. The van der Waals surface area contributed by atoms with E-state index in [-0.39, 0.29) is 74.6 Å². The zero-order valence-electron chi connectivity index (χ0n) is 14.8. The topological polar surface area (TPSA) is 135 Å². The van der Waals surface area contributed by atoms with E-state index in [1.807, 2.05) is 0 Å². The van der Waals surface area contributed by atoms with Crippen LogP contribution in [0.5, 0.6) is 0 Å². The number of ketones is 2. The fourth-order valence-corrected chi connectivity index (χ4v) is 5.82. The molecule has 1 fully saturated rings. The first-order chi connectivity index (χ1) is 14.3. The number of nitrogens with one attached hydrogen (secondary N) is 1. The van der Waals surface area contributed by atoms with Gasteiger partial charge in [-0.3, -0.25) is 0 Å². The van der Waals surface area contributed by atoms with E-state index in [4.69, 9.17) is 0 Å². The van der Waals surface area contributed by atoms with Crippen LogP contribution in [0.2, 0.25) is 0 Å². The Morgan fingerprint density at radius 3 is 2.27 bits per heavy atom. The third kappa shape index (κ3) is 1.76. The molecule has 30 heavy (non-hydrogen) atoms. The molecule has 0 bridgehead atoms.